The van der Waals surface area contributed by atoms with Gasteiger partial charge in [0.25, 0.3) is 0 Å². The van der Waals surface area contributed by atoms with Crippen LogP contribution in [0.2, 0.25) is 0 Å². The van der Waals surface area contributed by atoms with E-state index in [1.54, 1.807) is 0 Å². The molecule has 0 saturated carbocycles. The van der Waals surface area contributed by atoms with Crippen molar-refractivity contribution in [3.05, 3.63) is 35.4 Å². The molecule has 1 saturated heterocycles. The van der Waals surface area contributed by atoms with Crippen molar-refractivity contribution in [1.29, 1.82) is 0 Å². The third-order valence-electron chi connectivity index (χ3n) is 3.87. The monoisotopic (exact) mass is 233 g/mol. The van der Waals surface area contributed by atoms with E-state index >= 15 is 0 Å². The average molecular weight is 233 g/mol. The lowest BCUT2D eigenvalue weighted by molar-refractivity contribution is 0.218. The van der Waals surface area contributed by atoms with Crippen LogP contribution in [0.1, 0.15) is 43.7 Å². The molecule has 0 bridgehead atoms. The van der Waals surface area contributed by atoms with Crippen LogP contribution < -0.4 is 5.32 Å². The summed E-state index contributed by atoms with van der Waals surface area (Å²) >= 11 is 0. The number of hydrogen-bond acceptors (Lipinski definition) is 2. The summed E-state index contributed by atoms with van der Waals surface area (Å²) in [5, 5.41) is 12.8. The molecule has 2 nitrogen and oxygen atoms in total. The summed E-state index contributed by atoms with van der Waals surface area (Å²) in [5.41, 5.74) is 2.55. The largest absolute Gasteiger partial charge is 0.395 e. The van der Waals surface area contributed by atoms with Gasteiger partial charge in [0.15, 0.2) is 0 Å². The van der Waals surface area contributed by atoms with Gasteiger partial charge in [-0.05, 0) is 43.0 Å². The summed E-state index contributed by atoms with van der Waals surface area (Å²) in [4.78, 5) is 0. The number of nitrogens with one attached hydrogen (secondary N) is 1. The van der Waals surface area contributed by atoms with E-state index in [0.717, 1.165) is 13.1 Å². The molecule has 0 aromatic heterocycles. The second-order valence-electron chi connectivity index (χ2n) is 5.69. The first-order valence-corrected chi connectivity index (χ1v) is 6.55. The highest BCUT2D eigenvalue weighted by atomic mass is 16.3. The van der Waals surface area contributed by atoms with Gasteiger partial charge in [0.2, 0.25) is 0 Å². The van der Waals surface area contributed by atoms with Crippen molar-refractivity contribution in [2.75, 3.05) is 19.7 Å². The fraction of sp³-hybridized carbons (Fsp3) is 0.600. The van der Waals surface area contributed by atoms with Gasteiger partial charge in [0.05, 0.1) is 6.61 Å². The van der Waals surface area contributed by atoms with Crippen molar-refractivity contribution in [3.8, 4) is 0 Å². The van der Waals surface area contributed by atoms with Gasteiger partial charge in [-0.1, -0.05) is 38.1 Å². The van der Waals surface area contributed by atoms with Crippen LogP contribution in [0.3, 0.4) is 0 Å². The van der Waals surface area contributed by atoms with Crippen LogP contribution in [0, 0.1) is 0 Å². The van der Waals surface area contributed by atoms with E-state index in [-0.39, 0.29) is 12.0 Å². The Balaban J connectivity index is 2.21. The molecule has 0 radical (unpaired) electrons. The molecule has 1 heterocycles. The maximum Gasteiger partial charge on any atom is 0.0522 e. The van der Waals surface area contributed by atoms with Crippen LogP contribution in [0.25, 0.3) is 0 Å². The molecule has 0 amide bonds. The molecule has 0 aliphatic carbocycles. The van der Waals surface area contributed by atoms with E-state index in [2.05, 4.69) is 43.4 Å². The Morgan fingerprint density at radius 2 is 2.00 bits per heavy atom. The Morgan fingerprint density at radius 3 is 2.65 bits per heavy atom. The average Bonchev–Trinajstić information content (AvgIpc) is 2.40. The Labute approximate surface area is 104 Å². The van der Waals surface area contributed by atoms with Crippen molar-refractivity contribution < 1.29 is 5.11 Å². The lowest BCUT2D eigenvalue weighted by Crippen LogP contribution is -2.27. The number of piperidine rings is 1. The van der Waals surface area contributed by atoms with Gasteiger partial charge in [-0.15, -0.1) is 0 Å². The molecule has 1 aliphatic rings. The number of aliphatic hydroxyl groups is 1. The zero-order chi connectivity index (χ0) is 12.3. The van der Waals surface area contributed by atoms with E-state index in [0.29, 0.717) is 5.92 Å². The van der Waals surface area contributed by atoms with Crippen molar-refractivity contribution in [1.82, 2.24) is 5.32 Å². The van der Waals surface area contributed by atoms with Crippen LogP contribution >= 0.6 is 0 Å². The molecule has 0 spiro atoms. The molecule has 0 atom stereocenters. The number of aliphatic hydroxyl groups excluding tert-OH is 1. The van der Waals surface area contributed by atoms with E-state index in [4.69, 9.17) is 0 Å². The minimum Gasteiger partial charge on any atom is -0.395 e. The zero-order valence-corrected chi connectivity index (χ0v) is 10.9. The third kappa shape index (κ3) is 2.88. The van der Waals surface area contributed by atoms with Gasteiger partial charge >= 0.3 is 0 Å². The van der Waals surface area contributed by atoms with Gasteiger partial charge in [-0.25, -0.2) is 0 Å². The van der Waals surface area contributed by atoms with Crippen LogP contribution in [0.15, 0.2) is 24.3 Å². The molecule has 0 unspecified atom stereocenters. The summed E-state index contributed by atoms with van der Waals surface area (Å²) < 4.78 is 0. The Bertz CT molecular complexity index is 367. The Hall–Kier alpha value is -0.860. The molecule has 1 aromatic carbocycles. The smallest absolute Gasteiger partial charge is 0.0522 e. The van der Waals surface area contributed by atoms with Crippen LogP contribution in [-0.2, 0) is 5.41 Å². The molecule has 94 valence electrons. The predicted octanol–water partition coefficient (Wildman–Crippen LogP) is 2.42. The fourth-order valence-corrected chi connectivity index (χ4v) is 2.46. The summed E-state index contributed by atoms with van der Waals surface area (Å²) in [5.74, 6) is 0.686. The number of benzene rings is 1. The highest BCUT2D eigenvalue weighted by Crippen LogP contribution is 2.29. The maximum absolute atomic E-state index is 9.44. The topological polar surface area (TPSA) is 32.3 Å². The fourth-order valence-electron chi connectivity index (χ4n) is 2.46. The van der Waals surface area contributed by atoms with E-state index in [1.165, 1.54) is 24.0 Å². The summed E-state index contributed by atoms with van der Waals surface area (Å²) in [6.45, 7) is 6.63. The quantitative estimate of drug-likeness (QED) is 0.840. The lowest BCUT2D eigenvalue weighted by atomic mass is 9.82. The van der Waals surface area contributed by atoms with E-state index in [1.807, 2.05) is 0 Å². The second kappa shape index (κ2) is 5.19. The molecule has 1 aliphatic heterocycles. The molecule has 17 heavy (non-hydrogen) atoms. The number of rotatable bonds is 3. The van der Waals surface area contributed by atoms with Gasteiger partial charge in [0.1, 0.15) is 0 Å². The number of hydrogen-bond donors (Lipinski definition) is 2. The molecule has 1 aromatic rings. The van der Waals surface area contributed by atoms with Gasteiger partial charge in [-0.2, -0.15) is 0 Å². The van der Waals surface area contributed by atoms with Crippen molar-refractivity contribution in [3.63, 3.8) is 0 Å². The second-order valence-corrected chi connectivity index (χ2v) is 5.69. The minimum atomic E-state index is -0.136. The van der Waals surface area contributed by atoms with Gasteiger partial charge in [-0.3, -0.25) is 0 Å². The first-order chi connectivity index (χ1) is 8.13. The highest BCUT2D eigenvalue weighted by Gasteiger charge is 2.21. The van der Waals surface area contributed by atoms with Crippen LogP contribution in [0.5, 0.6) is 0 Å². The highest BCUT2D eigenvalue weighted by molar-refractivity contribution is 5.31. The molecule has 2 rings (SSSR count). The standard InChI is InChI=1S/C15H23NO/c1-15(2,11-17)14-5-3-4-13(10-14)12-6-8-16-9-7-12/h3-5,10,12,16-17H,6-9,11H2,1-2H3. The van der Waals surface area contributed by atoms with Crippen LogP contribution in [-0.4, -0.2) is 24.8 Å². The van der Waals surface area contributed by atoms with Crippen LogP contribution in [0.4, 0.5) is 0 Å². The molecular weight excluding hydrogens is 210 g/mol. The SMILES string of the molecule is CC(C)(CO)c1cccc(C2CCNCC2)c1. The summed E-state index contributed by atoms with van der Waals surface area (Å²) in [6.07, 6.45) is 2.45. The first kappa shape index (κ1) is 12.6. The molecule has 2 N–H and O–H groups in total. The zero-order valence-electron chi connectivity index (χ0n) is 10.9. The Morgan fingerprint density at radius 1 is 1.29 bits per heavy atom. The molecule has 1 fully saturated rings. The predicted molar refractivity (Wildman–Crippen MR) is 71.4 cm³/mol. The van der Waals surface area contributed by atoms with Crippen molar-refractivity contribution in [2.45, 2.75) is 38.0 Å². The molecular formula is C15H23NO. The summed E-state index contributed by atoms with van der Waals surface area (Å²) in [6, 6.07) is 8.77. The summed E-state index contributed by atoms with van der Waals surface area (Å²) in [7, 11) is 0. The first-order valence-electron chi connectivity index (χ1n) is 6.55. The third-order valence-corrected chi connectivity index (χ3v) is 3.87. The maximum atomic E-state index is 9.44. The van der Waals surface area contributed by atoms with E-state index in [9.17, 15) is 5.11 Å². The van der Waals surface area contributed by atoms with E-state index < -0.39 is 0 Å². The van der Waals surface area contributed by atoms with Crippen molar-refractivity contribution in [2.24, 2.45) is 0 Å². The normalized spacial score (nSPS) is 18.3. The molecule has 2 heteroatoms. The minimum absolute atomic E-state index is 0.136. The Kier molecular flexibility index (Phi) is 3.85. The van der Waals surface area contributed by atoms with Crippen molar-refractivity contribution >= 4 is 0 Å². The van der Waals surface area contributed by atoms with Gasteiger partial charge in [0, 0.05) is 5.41 Å². The lowest BCUT2D eigenvalue weighted by Gasteiger charge is -2.26. The van der Waals surface area contributed by atoms with Gasteiger partial charge < -0.3 is 10.4 Å².